The van der Waals surface area contributed by atoms with Gasteiger partial charge in [-0.1, -0.05) is 6.92 Å². The van der Waals surface area contributed by atoms with Crippen LogP contribution in [0, 0.1) is 41.4 Å². The smallest absolute Gasteiger partial charge is 0.309 e. The van der Waals surface area contributed by atoms with Gasteiger partial charge in [0.2, 0.25) is 0 Å². The van der Waals surface area contributed by atoms with Crippen molar-refractivity contribution in [2.45, 2.75) is 13.3 Å². The molecule has 3 aliphatic rings. The molecule has 3 aliphatic carbocycles. The summed E-state index contributed by atoms with van der Waals surface area (Å²) in [7, 11) is 2.80. The molecule has 0 spiro atoms. The maximum atomic E-state index is 11.9. The normalized spacial score (nSPS) is 49.7. The SMILES string of the molecule is COC(=O)C1C(C(=O)OC)C2C(C)C1C1CC12. The monoisotopic (exact) mass is 238 g/mol. The van der Waals surface area contributed by atoms with Crippen molar-refractivity contribution in [1.29, 1.82) is 0 Å². The van der Waals surface area contributed by atoms with E-state index in [-0.39, 0.29) is 23.8 Å². The zero-order valence-corrected chi connectivity index (χ0v) is 10.4. The molecule has 0 heterocycles. The van der Waals surface area contributed by atoms with Crippen LogP contribution in [0.4, 0.5) is 0 Å². The Hall–Kier alpha value is -1.06. The first kappa shape index (κ1) is 11.1. The van der Waals surface area contributed by atoms with E-state index in [1.54, 1.807) is 0 Å². The van der Waals surface area contributed by atoms with Crippen LogP contribution in [0.3, 0.4) is 0 Å². The molecule has 0 aromatic heterocycles. The fraction of sp³-hybridized carbons (Fsp3) is 0.846. The van der Waals surface area contributed by atoms with Gasteiger partial charge in [0.05, 0.1) is 26.1 Å². The molecule has 6 unspecified atom stereocenters. The van der Waals surface area contributed by atoms with Gasteiger partial charge in [-0.2, -0.15) is 0 Å². The Morgan fingerprint density at radius 1 is 0.941 bits per heavy atom. The first-order valence-electron chi connectivity index (χ1n) is 6.27. The fourth-order valence-corrected chi connectivity index (χ4v) is 4.70. The molecular weight excluding hydrogens is 220 g/mol. The van der Waals surface area contributed by atoms with E-state index >= 15 is 0 Å². The van der Waals surface area contributed by atoms with Crippen LogP contribution in [0.5, 0.6) is 0 Å². The molecule has 3 saturated carbocycles. The third-order valence-corrected chi connectivity index (χ3v) is 5.26. The molecule has 6 atom stereocenters. The van der Waals surface area contributed by atoms with Gasteiger partial charge in [0, 0.05) is 0 Å². The van der Waals surface area contributed by atoms with Crippen LogP contribution in [0.25, 0.3) is 0 Å². The predicted molar refractivity (Wildman–Crippen MR) is 58.8 cm³/mol. The minimum absolute atomic E-state index is 0.231. The summed E-state index contributed by atoms with van der Waals surface area (Å²) in [6.07, 6.45) is 1.18. The quantitative estimate of drug-likeness (QED) is 0.676. The Morgan fingerprint density at radius 3 is 1.71 bits per heavy atom. The first-order chi connectivity index (χ1) is 8.11. The molecule has 2 bridgehead atoms. The predicted octanol–water partition coefficient (Wildman–Crippen LogP) is 1.10. The molecule has 0 N–H and O–H groups in total. The zero-order chi connectivity index (χ0) is 12.3. The third-order valence-electron chi connectivity index (χ3n) is 5.26. The second kappa shape index (κ2) is 3.47. The lowest BCUT2D eigenvalue weighted by molar-refractivity contribution is -0.160. The minimum Gasteiger partial charge on any atom is -0.469 e. The van der Waals surface area contributed by atoms with Crippen molar-refractivity contribution >= 4 is 11.9 Å². The van der Waals surface area contributed by atoms with E-state index in [2.05, 4.69) is 6.92 Å². The Bertz CT molecular complexity index is 344. The molecule has 0 radical (unpaired) electrons. The highest BCUT2D eigenvalue weighted by Gasteiger charge is 2.72. The Kier molecular flexibility index (Phi) is 2.25. The van der Waals surface area contributed by atoms with E-state index in [9.17, 15) is 9.59 Å². The lowest BCUT2D eigenvalue weighted by Gasteiger charge is -2.26. The molecular formula is C13H18O4. The number of carbonyl (C=O) groups is 2. The van der Waals surface area contributed by atoms with Crippen LogP contribution in [-0.2, 0) is 19.1 Å². The summed E-state index contributed by atoms with van der Waals surface area (Å²) in [4.78, 5) is 23.8. The summed E-state index contributed by atoms with van der Waals surface area (Å²) in [5.41, 5.74) is 0. The van der Waals surface area contributed by atoms with E-state index in [1.165, 1.54) is 20.6 Å². The molecule has 0 aromatic rings. The number of ether oxygens (including phenoxy) is 2. The van der Waals surface area contributed by atoms with E-state index in [0.29, 0.717) is 29.6 Å². The fourth-order valence-electron chi connectivity index (χ4n) is 4.70. The van der Waals surface area contributed by atoms with Gasteiger partial charge < -0.3 is 9.47 Å². The van der Waals surface area contributed by atoms with Crippen molar-refractivity contribution < 1.29 is 19.1 Å². The molecule has 4 nitrogen and oxygen atoms in total. The molecule has 17 heavy (non-hydrogen) atoms. The van der Waals surface area contributed by atoms with Crippen molar-refractivity contribution in [3.8, 4) is 0 Å². The second-order valence-electron chi connectivity index (χ2n) is 5.68. The van der Waals surface area contributed by atoms with Crippen LogP contribution in [0.15, 0.2) is 0 Å². The number of esters is 2. The Labute approximate surface area is 101 Å². The maximum Gasteiger partial charge on any atom is 0.309 e. The summed E-state index contributed by atoms with van der Waals surface area (Å²) in [6.45, 7) is 2.17. The van der Waals surface area contributed by atoms with E-state index in [1.807, 2.05) is 0 Å². The van der Waals surface area contributed by atoms with Crippen molar-refractivity contribution in [1.82, 2.24) is 0 Å². The highest BCUT2D eigenvalue weighted by atomic mass is 16.5. The van der Waals surface area contributed by atoms with E-state index < -0.39 is 0 Å². The van der Waals surface area contributed by atoms with E-state index in [0.717, 1.165) is 0 Å². The van der Waals surface area contributed by atoms with Gasteiger partial charge in [0.25, 0.3) is 0 Å². The minimum atomic E-state index is -0.267. The maximum absolute atomic E-state index is 11.9. The molecule has 4 heteroatoms. The summed E-state index contributed by atoms with van der Waals surface area (Å²) in [5.74, 6) is 1.43. The highest BCUT2D eigenvalue weighted by molar-refractivity contribution is 5.84. The number of rotatable bonds is 2. The van der Waals surface area contributed by atoms with Gasteiger partial charge in [-0.15, -0.1) is 0 Å². The Morgan fingerprint density at radius 2 is 1.35 bits per heavy atom. The number of hydrogen-bond donors (Lipinski definition) is 0. The number of hydrogen-bond acceptors (Lipinski definition) is 4. The summed E-state index contributed by atoms with van der Waals surface area (Å²) >= 11 is 0. The van der Waals surface area contributed by atoms with Gasteiger partial charge in [-0.3, -0.25) is 9.59 Å². The van der Waals surface area contributed by atoms with Gasteiger partial charge in [0.15, 0.2) is 0 Å². The van der Waals surface area contributed by atoms with Crippen LogP contribution in [0.1, 0.15) is 13.3 Å². The lowest BCUT2D eigenvalue weighted by Crippen LogP contribution is -2.37. The van der Waals surface area contributed by atoms with Crippen molar-refractivity contribution in [3.63, 3.8) is 0 Å². The lowest BCUT2D eigenvalue weighted by atomic mass is 9.79. The molecule has 94 valence electrons. The van der Waals surface area contributed by atoms with E-state index in [4.69, 9.17) is 9.47 Å². The van der Waals surface area contributed by atoms with Crippen molar-refractivity contribution in [3.05, 3.63) is 0 Å². The van der Waals surface area contributed by atoms with Crippen molar-refractivity contribution in [2.75, 3.05) is 14.2 Å². The highest BCUT2D eigenvalue weighted by Crippen LogP contribution is 2.72. The topological polar surface area (TPSA) is 52.6 Å². The molecule has 0 aromatic carbocycles. The number of fused-ring (bicyclic) bond motifs is 5. The van der Waals surface area contributed by atoms with Gasteiger partial charge in [0.1, 0.15) is 0 Å². The molecule has 0 saturated heterocycles. The van der Waals surface area contributed by atoms with Gasteiger partial charge >= 0.3 is 11.9 Å². The zero-order valence-electron chi connectivity index (χ0n) is 10.4. The molecule has 0 aliphatic heterocycles. The number of methoxy groups -OCH3 is 2. The first-order valence-corrected chi connectivity index (χ1v) is 6.27. The van der Waals surface area contributed by atoms with Gasteiger partial charge in [-0.05, 0) is 36.0 Å². The number of carbonyl (C=O) groups excluding carboxylic acids is 2. The average molecular weight is 238 g/mol. The molecule has 3 fully saturated rings. The molecule has 0 amide bonds. The van der Waals surface area contributed by atoms with Crippen LogP contribution in [-0.4, -0.2) is 26.2 Å². The van der Waals surface area contributed by atoms with Gasteiger partial charge in [-0.25, -0.2) is 0 Å². The summed E-state index contributed by atoms with van der Waals surface area (Å²) in [5, 5.41) is 0. The summed E-state index contributed by atoms with van der Waals surface area (Å²) < 4.78 is 9.76. The average Bonchev–Trinajstić information content (AvgIpc) is 3.02. The van der Waals surface area contributed by atoms with Crippen molar-refractivity contribution in [2.24, 2.45) is 41.4 Å². The van der Waals surface area contributed by atoms with Crippen LogP contribution in [0.2, 0.25) is 0 Å². The summed E-state index contributed by atoms with van der Waals surface area (Å²) in [6, 6.07) is 0. The second-order valence-corrected chi connectivity index (χ2v) is 5.68. The van der Waals surface area contributed by atoms with Crippen LogP contribution >= 0.6 is 0 Å². The Balaban J connectivity index is 1.94. The standard InChI is InChI=1S/C13H18O4/c1-5-8-6-4-7(6)9(5)11(13(15)17-3)10(8)12(14)16-2/h5-11H,4H2,1-3H3. The largest absolute Gasteiger partial charge is 0.469 e. The molecule has 3 rings (SSSR count). The van der Waals surface area contributed by atoms with Crippen LogP contribution < -0.4 is 0 Å². The third kappa shape index (κ3) is 1.24.